The zero-order valence-electron chi connectivity index (χ0n) is 17.6. The molecule has 0 saturated carbocycles. The third-order valence-corrected chi connectivity index (χ3v) is 6.06. The number of carbonyl (C=O) groups is 3. The first-order valence-electron chi connectivity index (χ1n) is 9.80. The lowest BCUT2D eigenvalue weighted by Crippen LogP contribution is -2.54. The third-order valence-electron chi connectivity index (χ3n) is 5.42. The van der Waals surface area contributed by atoms with Crippen LogP contribution in [-0.4, -0.2) is 22.4 Å². The highest BCUT2D eigenvalue weighted by Crippen LogP contribution is 2.30. The highest BCUT2D eigenvalue weighted by Gasteiger charge is 2.37. The Kier molecular flexibility index (Phi) is 5.67. The van der Waals surface area contributed by atoms with E-state index in [4.69, 9.17) is 23.2 Å². The maximum absolute atomic E-state index is 13.2. The van der Waals surface area contributed by atoms with E-state index in [2.05, 4.69) is 5.32 Å². The van der Waals surface area contributed by atoms with E-state index in [1.807, 2.05) is 42.7 Å². The minimum atomic E-state index is -0.813. The summed E-state index contributed by atoms with van der Waals surface area (Å²) in [5.74, 6) is -1.46. The van der Waals surface area contributed by atoms with Crippen molar-refractivity contribution in [2.45, 2.75) is 20.8 Å². The van der Waals surface area contributed by atoms with Gasteiger partial charge in [-0.3, -0.25) is 14.9 Å². The van der Waals surface area contributed by atoms with E-state index >= 15 is 0 Å². The number of hydrogen-bond donors (Lipinski definition) is 1. The molecule has 4 amide bonds. The third kappa shape index (κ3) is 3.72. The first-order valence-corrected chi connectivity index (χ1v) is 10.6. The SMILES string of the molecule is Cc1c(Cl)cccc1N1C(=O)NC(=O)/C(=C\c2cc(C)n(-c3cccc(Cl)c3)c2C)C1=O. The zero-order valence-corrected chi connectivity index (χ0v) is 19.1. The molecular weight excluding hydrogens is 449 g/mol. The van der Waals surface area contributed by atoms with Gasteiger partial charge in [0.2, 0.25) is 0 Å². The first kappa shape index (κ1) is 21.9. The van der Waals surface area contributed by atoms with Crippen molar-refractivity contribution in [2.24, 2.45) is 0 Å². The van der Waals surface area contributed by atoms with Gasteiger partial charge in [-0.1, -0.05) is 35.3 Å². The van der Waals surface area contributed by atoms with E-state index in [9.17, 15) is 14.4 Å². The molecule has 1 saturated heterocycles. The molecule has 32 heavy (non-hydrogen) atoms. The van der Waals surface area contributed by atoms with Crippen LogP contribution in [0.2, 0.25) is 10.0 Å². The number of hydrogen-bond acceptors (Lipinski definition) is 3. The van der Waals surface area contributed by atoms with Crippen LogP contribution in [0.4, 0.5) is 10.5 Å². The van der Waals surface area contributed by atoms with E-state index in [0.717, 1.165) is 22.0 Å². The van der Waals surface area contributed by atoms with Gasteiger partial charge in [0, 0.05) is 27.1 Å². The molecule has 4 rings (SSSR count). The summed E-state index contributed by atoms with van der Waals surface area (Å²) >= 11 is 12.3. The molecule has 0 radical (unpaired) electrons. The molecule has 2 aromatic carbocycles. The molecule has 1 aliphatic heterocycles. The number of aromatic nitrogens is 1. The maximum atomic E-state index is 13.2. The van der Waals surface area contributed by atoms with Crippen molar-refractivity contribution in [3.63, 3.8) is 0 Å². The molecule has 0 bridgehead atoms. The lowest BCUT2D eigenvalue weighted by Gasteiger charge is -2.27. The fraction of sp³-hybridized carbons (Fsp3) is 0.125. The van der Waals surface area contributed by atoms with Crippen LogP contribution in [0.5, 0.6) is 0 Å². The molecule has 8 heteroatoms. The van der Waals surface area contributed by atoms with Crippen LogP contribution in [0.25, 0.3) is 11.8 Å². The van der Waals surface area contributed by atoms with Crippen molar-refractivity contribution in [3.8, 4) is 5.69 Å². The monoisotopic (exact) mass is 467 g/mol. The number of halogens is 2. The Balaban J connectivity index is 1.79. The van der Waals surface area contributed by atoms with Gasteiger partial charge in [-0.15, -0.1) is 0 Å². The Labute approximate surface area is 195 Å². The molecule has 3 aromatic rings. The summed E-state index contributed by atoms with van der Waals surface area (Å²) in [6.07, 6.45) is 1.50. The van der Waals surface area contributed by atoms with Crippen molar-refractivity contribution in [1.29, 1.82) is 0 Å². The highest BCUT2D eigenvalue weighted by atomic mass is 35.5. The largest absolute Gasteiger partial charge is 0.335 e. The highest BCUT2D eigenvalue weighted by molar-refractivity contribution is 6.40. The Hall–Kier alpha value is -3.35. The molecule has 0 atom stereocenters. The van der Waals surface area contributed by atoms with Gasteiger partial charge in [-0.2, -0.15) is 0 Å². The molecule has 1 aromatic heterocycles. The molecule has 2 heterocycles. The summed E-state index contributed by atoms with van der Waals surface area (Å²) in [4.78, 5) is 39.2. The number of benzene rings is 2. The Morgan fingerprint density at radius 2 is 1.66 bits per heavy atom. The minimum absolute atomic E-state index is 0.143. The molecule has 0 aliphatic carbocycles. The van der Waals surface area contributed by atoms with Gasteiger partial charge in [-0.25, -0.2) is 9.69 Å². The molecule has 162 valence electrons. The second-order valence-electron chi connectivity index (χ2n) is 7.48. The molecule has 1 N–H and O–H groups in total. The van der Waals surface area contributed by atoms with Crippen LogP contribution in [-0.2, 0) is 9.59 Å². The molecule has 6 nitrogen and oxygen atoms in total. The van der Waals surface area contributed by atoms with Gasteiger partial charge in [0.15, 0.2) is 0 Å². The normalized spacial score (nSPS) is 15.5. The summed E-state index contributed by atoms with van der Waals surface area (Å²) in [5, 5.41) is 3.26. The molecule has 0 spiro atoms. The van der Waals surface area contributed by atoms with Crippen LogP contribution < -0.4 is 10.2 Å². The summed E-state index contributed by atoms with van der Waals surface area (Å²) in [5.41, 5.74) is 4.00. The number of imide groups is 2. The second kappa shape index (κ2) is 8.30. The lowest BCUT2D eigenvalue weighted by atomic mass is 10.1. The summed E-state index contributed by atoms with van der Waals surface area (Å²) in [6.45, 7) is 5.51. The maximum Gasteiger partial charge on any atom is 0.335 e. The number of anilines is 1. The van der Waals surface area contributed by atoms with Crippen molar-refractivity contribution in [2.75, 3.05) is 4.90 Å². The summed E-state index contributed by atoms with van der Waals surface area (Å²) in [6, 6.07) is 13.4. The topological polar surface area (TPSA) is 71.4 Å². The fourth-order valence-corrected chi connectivity index (χ4v) is 4.17. The number of nitrogens with one attached hydrogen (secondary N) is 1. The van der Waals surface area contributed by atoms with Crippen molar-refractivity contribution >= 4 is 52.8 Å². The minimum Gasteiger partial charge on any atom is -0.318 e. The quantitative estimate of drug-likeness (QED) is 0.415. The standard InChI is InChI=1S/C24H19Cl2N3O3/c1-13-10-16(15(3)28(13)18-7-4-6-17(25)12-18)11-19-22(30)27-24(32)29(23(19)31)21-9-5-8-20(26)14(21)2/h4-12H,1-3H3,(H,27,30,32)/b19-11+. The predicted octanol–water partition coefficient (Wildman–Crippen LogP) is 5.38. The molecule has 1 fully saturated rings. The van der Waals surface area contributed by atoms with Crippen LogP contribution in [0.1, 0.15) is 22.5 Å². The van der Waals surface area contributed by atoms with Crippen molar-refractivity contribution in [1.82, 2.24) is 9.88 Å². The Bertz CT molecular complexity index is 1320. The van der Waals surface area contributed by atoms with Crippen molar-refractivity contribution < 1.29 is 14.4 Å². The number of nitrogens with zero attached hydrogens (tertiary/aromatic N) is 2. The van der Waals surface area contributed by atoms with Crippen LogP contribution in [0.15, 0.2) is 54.1 Å². The van der Waals surface area contributed by atoms with E-state index in [0.29, 0.717) is 26.9 Å². The number of barbiturate groups is 1. The molecule has 1 aliphatic rings. The van der Waals surface area contributed by atoms with Crippen molar-refractivity contribution in [3.05, 3.63) is 86.7 Å². The number of rotatable bonds is 3. The van der Waals surface area contributed by atoms with E-state index in [1.165, 1.54) is 6.08 Å². The second-order valence-corrected chi connectivity index (χ2v) is 8.33. The molecule has 0 unspecified atom stereocenters. The number of carbonyl (C=O) groups excluding carboxylic acids is 3. The predicted molar refractivity (Wildman–Crippen MR) is 125 cm³/mol. The average molecular weight is 468 g/mol. The first-order chi connectivity index (χ1) is 15.2. The Morgan fingerprint density at radius 1 is 0.938 bits per heavy atom. The van der Waals surface area contributed by atoms with Gasteiger partial charge in [0.1, 0.15) is 5.57 Å². The van der Waals surface area contributed by atoms with Gasteiger partial charge in [0.25, 0.3) is 11.8 Å². The zero-order chi connectivity index (χ0) is 23.2. The van der Waals surface area contributed by atoms with Gasteiger partial charge < -0.3 is 4.57 Å². The van der Waals surface area contributed by atoms with Gasteiger partial charge in [-0.05, 0) is 74.4 Å². The number of aryl methyl sites for hydroxylation is 1. The van der Waals surface area contributed by atoms with Crippen LogP contribution in [0.3, 0.4) is 0 Å². The summed E-state index contributed by atoms with van der Waals surface area (Å²) in [7, 11) is 0. The summed E-state index contributed by atoms with van der Waals surface area (Å²) < 4.78 is 1.98. The van der Waals surface area contributed by atoms with Gasteiger partial charge >= 0.3 is 6.03 Å². The Morgan fingerprint density at radius 3 is 2.38 bits per heavy atom. The van der Waals surface area contributed by atoms with E-state index < -0.39 is 17.8 Å². The van der Waals surface area contributed by atoms with Crippen LogP contribution >= 0.6 is 23.2 Å². The van der Waals surface area contributed by atoms with E-state index in [1.54, 1.807) is 31.2 Å². The van der Waals surface area contributed by atoms with E-state index in [-0.39, 0.29) is 5.57 Å². The number of amides is 4. The van der Waals surface area contributed by atoms with Crippen LogP contribution in [0, 0.1) is 20.8 Å². The lowest BCUT2D eigenvalue weighted by molar-refractivity contribution is -0.122. The average Bonchev–Trinajstić information content (AvgIpc) is 3.01. The fourth-order valence-electron chi connectivity index (χ4n) is 3.82. The van der Waals surface area contributed by atoms with Gasteiger partial charge in [0.05, 0.1) is 5.69 Å². The number of urea groups is 1. The smallest absolute Gasteiger partial charge is 0.318 e. The molecular formula is C24H19Cl2N3O3.